The summed E-state index contributed by atoms with van der Waals surface area (Å²) in [6.45, 7) is 10.9. The summed E-state index contributed by atoms with van der Waals surface area (Å²) in [5.41, 5.74) is -0.442. The van der Waals surface area contributed by atoms with Crippen LogP contribution in [0.5, 0.6) is 0 Å². The Morgan fingerprint density at radius 2 is 1.82 bits per heavy atom. The zero-order valence-corrected chi connectivity index (χ0v) is 11.8. The molecular weight excluding hydrogens is 218 g/mol. The van der Waals surface area contributed by atoms with Crippen molar-refractivity contribution >= 4 is 6.09 Å². The summed E-state index contributed by atoms with van der Waals surface area (Å²) in [5, 5.41) is 9.44. The number of carbonyl (C=O) groups excluding carboxylic acids is 1. The van der Waals surface area contributed by atoms with Gasteiger partial charge in [-0.15, -0.1) is 0 Å². The molecule has 0 aromatic heterocycles. The van der Waals surface area contributed by atoms with Crippen LogP contribution in [0.2, 0.25) is 0 Å². The van der Waals surface area contributed by atoms with Crippen molar-refractivity contribution in [1.29, 1.82) is 0 Å². The minimum Gasteiger partial charge on any atom is -0.444 e. The molecule has 1 N–H and O–H groups in total. The van der Waals surface area contributed by atoms with Crippen LogP contribution in [0.25, 0.3) is 0 Å². The van der Waals surface area contributed by atoms with Gasteiger partial charge in [-0.3, -0.25) is 0 Å². The van der Waals surface area contributed by atoms with Gasteiger partial charge in [0.05, 0.1) is 6.10 Å². The first kappa shape index (κ1) is 16.2. The zero-order chi connectivity index (χ0) is 13.5. The lowest BCUT2D eigenvalue weighted by Crippen LogP contribution is -2.37. The summed E-state index contributed by atoms with van der Waals surface area (Å²) < 4.78 is 5.27. The van der Waals surface area contributed by atoms with Gasteiger partial charge in [0.15, 0.2) is 0 Å². The molecule has 1 aliphatic rings. The van der Waals surface area contributed by atoms with Gasteiger partial charge in [0, 0.05) is 13.1 Å². The molecule has 1 fully saturated rings. The highest BCUT2D eigenvalue weighted by atomic mass is 16.6. The molecule has 1 heterocycles. The predicted molar refractivity (Wildman–Crippen MR) is 69.0 cm³/mol. The standard InChI is InChI=1S/C11H21NO3.C2H6/c1-11(2,3)15-10(14)12-7-4-5-9(13)6-8-12;1-2/h9,13H,4-8H2,1-3H3;1-2H3. The minimum absolute atomic E-state index is 0.266. The molecule has 0 aliphatic carbocycles. The fourth-order valence-electron chi connectivity index (χ4n) is 1.59. The lowest BCUT2D eigenvalue weighted by Gasteiger charge is -2.26. The van der Waals surface area contributed by atoms with E-state index >= 15 is 0 Å². The highest BCUT2D eigenvalue weighted by molar-refractivity contribution is 5.68. The number of aliphatic hydroxyl groups excluding tert-OH is 1. The molecule has 1 aliphatic heterocycles. The summed E-state index contributed by atoms with van der Waals surface area (Å²) in [7, 11) is 0. The molecule has 1 saturated heterocycles. The number of likely N-dealkylation sites (tertiary alicyclic amines) is 1. The summed E-state index contributed by atoms with van der Waals surface area (Å²) in [6.07, 6.45) is 1.74. The molecular formula is C13H27NO3. The Balaban J connectivity index is 0.00000121. The lowest BCUT2D eigenvalue weighted by atomic mass is 10.2. The molecule has 17 heavy (non-hydrogen) atoms. The number of hydrogen-bond acceptors (Lipinski definition) is 3. The molecule has 0 radical (unpaired) electrons. The minimum atomic E-state index is -0.442. The summed E-state index contributed by atoms with van der Waals surface area (Å²) in [4.78, 5) is 13.4. The second kappa shape index (κ2) is 7.54. The third-order valence-electron chi connectivity index (χ3n) is 2.35. The van der Waals surface area contributed by atoms with Crippen molar-refractivity contribution in [2.45, 2.75) is 65.6 Å². The lowest BCUT2D eigenvalue weighted by molar-refractivity contribution is 0.0251. The molecule has 0 aromatic rings. The maximum Gasteiger partial charge on any atom is 0.410 e. The first-order chi connectivity index (χ1) is 7.88. The number of aliphatic hydroxyl groups is 1. The normalized spacial score (nSPS) is 21.1. The van der Waals surface area contributed by atoms with E-state index in [1.54, 1.807) is 4.90 Å². The molecule has 0 spiro atoms. The van der Waals surface area contributed by atoms with Gasteiger partial charge in [-0.1, -0.05) is 13.8 Å². The Labute approximate surface area is 105 Å². The van der Waals surface area contributed by atoms with E-state index in [-0.39, 0.29) is 12.2 Å². The van der Waals surface area contributed by atoms with E-state index in [9.17, 15) is 9.90 Å². The van der Waals surface area contributed by atoms with Crippen molar-refractivity contribution in [1.82, 2.24) is 4.90 Å². The average Bonchev–Trinajstić information content (AvgIpc) is 2.43. The molecule has 1 atom stereocenters. The molecule has 0 saturated carbocycles. The van der Waals surface area contributed by atoms with Gasteiger partial charge in [0.25, 0.3) is 0 Å². The smallest absolute Gasteiger partial charge is 0.410 e. The number of amides is 1. The van der Waals surface area contributed by atoms with Crippen molar-refractivity contribution in [3.63, 3.8) is 0 Å². The van der Waals surface area contributed by atoms with E-state index in [1.807, 2.05) is 34.6 Å². The maximum atomic E-state index is 11.7. The van der Waals surface area contributed by atoms with Crippen molar-refractivity contribution in [3.05, 3.63) is 0 Å². The number of ether oxygens (including phenoxy) is 1. The SMILES string of the molecule is CC.CC(C)(C)OC(=O)N1CCCC(O)CC1. The van der Waals surface area contributed by atoms with Crippen molar-refractivity contribution in [2.75, 3.05) is 13.1 Å². The van der Waals surface area contributed by atoms with Crippen LogP contribution in [-0.4, -0.2) is 40.9 Å². The van der Waals surface area contributed by atoms with Gasteiger partial charge in [-0.2, -0.15) is 0 Å². The Morgan fingerprint density at radius 1 is 1.24 bits per heavy atom. The number of rotatable bonds is 0. The molecule has 102 valence electrons. The summed E-state index contributed by atoms with van der Waals surface area (Å²) in [5.74, 6) is 0. The van der Waals surface area contributed by atoms with Crippen molar-refractivity contribution in [2.24, 2.45) is 0 Å². The first-order valence-electron chi connectivity index (χ1n) is 6.54. The van der Waals surface area contributed by atoms with E-state index in [0.29, 0.717) is 19.5 Å². The molecule has 4 heteroatoms. The Kier molecular flexibility index (Phi) is 7.19. The first-order valence-corrected chi connectivity index (χ1v) is 6.54. The van der Waals surface area contributed by atoms with E-state index in [0.717, 1.165) is 12.8 Å². The monoisotopic (exact) mass is 245 g/mol. The molecule has 4 nitrogen and oxygen atoms in total. The Morgan fingerprint density at radius 3 is 2.35 bits per heavy atom. The second-order valence-corrected chi connectivity index (χ2v) is 5.05. The number of hydrogen-bond donors (Lipinski definition) is 1. The largest absolute Gasteiger partial charge is 0.444 e. The van der Waals surface area contributed by atoms with Gasteiger partial charge >= 0.3 is 6.09 Å². The maximum absolute atomic E-state index is 11.7. The van der Waals surface area contributed by atoms with Crippen LogP contribution >= 0.6 is 0 Å². The van der Waals surface area contributed by atoms with E-state index in [1.165, 1.54) is 0 Å². The highest BCUT2D eigenvalue weighted by Gasteiger charge is 2.24. The Bertz CT molecular complexity index is 223. The average molecular weight is 245 g/mol. The topological polar surface area (TPSA) is 49.8 Å². The molecule has 1 amide bonds. The van der Waals surface area contributed by atoms with Gasteiger partial charge in [-0.05, 0) is 40.0 Å². The predicted octanol–water partition coefficient (Wildman–Crippen LogP) is 2.79. The van der Waals surface area contributed by atoms with E-state index in [4.69, 9.17) is 4.74 Å². The molecule has 1 unspecified atom stereocenters. The van der Waals surface area contributed by atoms with Crippen LogP contribution < -0.4 is 0 Å². The van der Waals surface area contributed by atoms with Gasteiger partial charge in [0.1, 0.15) is 5.60 Å². The third-order valence-corrected chi connectivity index (χ3v) is 2.35. The molecule has 1 rings (SSSR count). The van der Waals surface area contributed by atoms with Crippen LogP contribution in [-0.2, 0) is 4.74 Å². The summed E-state index contributed by atoms with van der Waals surface area (Å²) in [6, 6.07) is 0. The fraction of sp³-hybridized carbons (Fsp3) is 0.923. The van der Waals surface area contributed by atoms with E-state index in [2.05, 4.69) is 0 Å². The highest BCUT2D eigenvalue weighted by Crippen LogP contribution is 2.15. The molecule has 0 bridgehead atoms. The number of carbonyl (C=O) groups is 1. The van der Waals surface area contributed by atoms with E-state index < -0.39 is 5.60 Å². The fourth-order valence-corrected chi connectivity index (χ4v) is 1.59. The van der Waals surface area contributed by atoms with Crippen LogP contribution in [0.1, 0.15) is 53.9 Å². The van der Waals surface area contributed by atoms with Crippen molar-refractivity contribution < 1.29 is 14.6 Å². The van der Waals surface area contributed by atoms with Crippen LogP contribution in [0.3, 0.4) is 0 Å². The molecule has 0 aromatic carbocycles. The van der Waals surface area contributed by atoms with Crippen LogP contribution in [0.15, 0.2) is 0 Å². The van der Waals surface area contributed by atoms with Crippen LogP contribution in [0.4, 0.5) is 4.79 Å². The quantitative estimate of drug-likeness (QED) is 0.714. The van der Waals surface area contributed by atoms with Gasteiger partial charge < -0.3 is 14.7 Å². The zero-order valence-electron chi connectivity index (χ0n) is 11.8. The number of nitrogens with zero attached hydrogens (tertiary/aromatic N) is 1. The summed E-state index contributed by atoms with van der Waals surface area (Å²) >= 11 is 0. The van der Waals surface area contributed by atoms with Crippen molar-refractivity contribution in [3.8, 4) is 0 Å². The third kappa shape index (κ3) is 7.21. The van der Waals surface area contributed by atoms with Gasteiger partial charge in [-0.25, -0.2) is 4.79 Å². The van der Waals surface area contributed by atoms with Crippen LogP contribution in [0, 0.1) is 0 Å². The second-order valence-electron chi connectivity index (χ2n) is 5.05. The Hall–Kier alpha value is -0.770. The van der Waals surface area contributed by atoms with Gasteiger partial charge in [0.2, 0.25) is 0 Å².